The van der Waals surface area contributed by atoms with Crippen LogP contribution in [0, 0.1) is 11.3 Å². The van der Waals surface area contributed by atoms with Crippen molar-refractivity contribution in [2.24, 2.45) is 0 Å². The average molecular weight is 680 g/mol. The van der Waals surface area contributed by atoms with Crippen molar-refractivity contribution in [3.63, 3.8) is 0 Å². The first-order chi connectivity index (χ1) is 25.7. The molecule has 2 heterocycles. The minimum atomic E-state index is -0.568. The van der Waals surface area contributed by atoms with Crippen LogP contribution in [-0.2, 0) is 5.41 Å². The highest BCUT2D eigenvalue weighted by Gasteiger charge is 2.50. The molecule has 1 aliphatic heterocycles. The molecular formula is C48H29N3S. The van der Waals surface area contributed by atoms with E-state index in [2.05, 4.69) is 146 Å². The molecule has 1 spiro atoms. The van der Waals surface area contributed by atoms with Gasteiger partial charge in [0.15, 0.2) is 5.82 Å². The summed E-state index contributed by atoms with van der Waals surface area (Å²) in [5, 5.41) is 9.47. The zero-order chi connectivity index (χ0) is 34.6. The van der Waals surface area contributed by atoms with Crippen LogP contribution in [0.2, 0.25) is 0 Å². The van der Waals surface area contributed by atoms with E-state index in [4.69, 9.17) is 9.97 Å². The molecule has 4 heteroatoms. The van der Waals surface area contributed by atoms with Gasteiger partial charge in [0, 0.05) is 26.5 Å². The van der Waals surface area contributed by atoms with E-state index in [0.29, 0.717) is 11.4 Å². The molecule has 242 valence electrons. The Bertz CT molecular complexity index is 2610. The predicted molar refractivity (Wildman–Crippen MR) is 210 cm³/mol. The van der Waals surface area contributed by atoms with Crippen molar-refractivity contribution in [3.05, 3.63) is 204 Å². The molecule has 0 N–H and O–H groups in total. The van der Waals surface area contributed by atoms with Gasteiger partial charge in [-0.2, -0.15) is 5.26 Å². The van der Waals surface area contributed by atoms with Crippen LogP contribution < -0.4 is 0 Å². The molecule has 1 aromatic heterocycles. The number of nitriles is 1. The van der Waals surface area contributed by atoms with Crippen LogP contribution in [0.5, 0.6) is 0 Å². The molecular weight excluding hydrogens is 651 g/mol. The van der Waals surface area contributed by atoms with Crippen molar-refractivity contribution in [2.45, 2.75) is 15.2 Å². The molecule has 0 radical (unpaired) electrons. The van der Waals surface area contributed by atoms with E-state index >= 15 is 0 Å². The number of rotatable bonds is 4. The van der Waals surface area contributed by atoms with Gasteiger partial charge in [0.25, 0.3) is 0 Å². The molecule has 8 aromatic rings. The standard InChI is InChI=1S/C48H29N3S/c49-30-31-19-21-32(22-20-31)35-23-25-37-38-26-24-36(47-50-43(33-11-3-1-4-12-33)29-44(51-47)34-13-5-2-6-14-34)28-42(38)48(41(37)27-35)39-15-7-9-17-45(39)52-46-18-10-8-16-40(46)48/h1-29H. The van der Waals surface area contributed by atoms with Crippen molar-refractivity contribution < 1.29 is 0 Å². The molecule has 7 aromatic carbocycles. The molecule has 3 nitrogen and oxygen atoms in total. The van der Waals surface area contributed by atoms with E-state index in [1.165, 1.54) is 43.2 Å². The summed E-state index contributed by atoms with van der Waals surface area (Å²) in [5.41, 5.74) is 14.6. The molecule has 0 fully saturated rings. The summed E-state index contributed by atoms with van der Waals surface area (Å²) >= 11 is 1.84. The second-order valence-corrected chi connectivity index (χ2v) is 14.3. The van der Waals surface area contributed by atoms with Gasteiger partial charge in [0.05, 0.1) is 28.4 Å². The lowest BCUT2D eigenvalue weighted by molar-refractivity contribution is 0.722. The molecule has 0 saturated heterocycles. The van der Waals surface area contributed by atoms with Gasteiger partial charge in [0.1, 0.15) is 0 Å². The van der Waals surface area contributed by atoms with Crippen molar-refractivity contribution >= 4 is 11.8 Å². The maximum Gasteiger partial charge on any atom is 0.160 e. The summed E-state index contributed by atoms with van der Waals surface area (Å²) in [7, 11) is 0. The summed E-state index contributed by atoms with van der Waals surface area (Å²) in [6.07, 6.45) is 0. The third kappa shape index (κ3) is 4.67. The monoisotopic (exact) mass is 679 g/mol. The van der Waals surface area contributed by atoms with Gasteiger partial charge in [-0.1, -0.05) is 145 Å². The summed E-state index contributed by atoms with van der Waals surface area (Å²) in [6, 6.07) is 64.3. The van der Waals surface area contributed by atoms with Crippen LogP contribution in [0.4, 0.5) is 0 Å². The second-order valence-electron chi connectivity index (χ2n) is 13.2. The Hall–Kier alpha value is -6.54. The highest BCUT2D eigenvalue weighted by Crippen LogP contribution is 2.62. The quantitative estimate of drug-likeness (QED) is 0.186. The first-order valence-corrected chi connectivity index (χ1v) is 18.2. The van der Waals surface area contributed by atoms with Gasteiger partial charge in [-0.3, -0.25) is 0 Å². The normalized spacial score (nSPS) is 13.1. The average Bonchev–Trinajstić information content (AvgIpc) is 3.50. The van der Waals surface area contributed by atoms with Gasteiger partial charge >= 0.3 is 0 Å². The minimum absolute atomic E-state index is 0.568. The van der Waals surface area contributed by atoms with Crippen molar-refractivity contribution in [3.8, 4) is 62.2 Å². The number of benzene rings is 7. The number of fused-ring (bicyclic) bond motifs is 9. The van der Waals surface area contributed by atoms with E-state index in [9.17, 15) is 5.26 Å². The first kappa shape index (κ1) is 30.3. The Morgan fingerprint density at radius 2 is 0.904 bits per heavy atom. The van der Waals surface area contributed by atoms with Crippen molar-refractivity contribution in [1.29, 1.82) is 5.26 Å². The van der Waals surface area contributed by atoms with E-state index < -0.39 is 5.41 Å². The largest absolute Gasteiger partial charge is 0.228 e. The molecule has 0 atom stereocenters. The molecule has 0 bridgehead atoms. The van der Waals surface area contributed by atoms with E-state index in [-0.39, 0.29) is 0 Å². The zero-order valence-corrected chi connectivity index (χ0v) is 28.8. The third-order valence-electron chi connectivity index (χ3n) is 10.4. The van der Waals surface area contributed by atoms with E-state index in [1.54, 1.807) is 0 Å². The summed E-state index contributed by atoms with van der Waals surface area (Å²) in [4.78, 5) is 13.0. The van der Waals surface area contributed by atoms with Crippen molar-refractivity contribution in [2.75, 3.05) is 0 Å². The number of aromatic nitrogens is 2. The Balaban J connectivity index is 1.25. The van der Waals surface area contributed by atoms with Gasteiger partial charge in [-0.15, -0.1) is 0 Å². The summed E-state index contributed by atoms with van der Waals surface area (Å²) < 4.78 is 0. The maximum absolute atomic E-state index is 9.47. The number of nitrogens with zero attached hydrogens (tertiary/aromatic N) is 3. The molecule has 0 saturated carbocycles. The lowest BCUT2D eigenvalue weighted by Crippen LogP contribution is -2.32. The van der Waals surface area contributed by atoms with Gasteiger partial charge in [-0.25, -0.2) is 9.97 Å². The predicted octanol–water partition coefficient (Wildman–Crippen LogP) is 11.8. The molecule has 52 heavy (non-hydrogen) atoms. The topological polar surface area (TPSA) is 49.6 Å². The van der Waals surface area contributed by atoms with Gasteiger partial charge in [-0.05, 0) is 87.0 Å². The Morgan fingerprint density at radius 1 is 0.423 bits per heavy atom. The van der Waals surface area contributed by atoms with Crippen LogP contribution in [0.25, 0.3) is 56.2 Å². The molecule has 0 amide bonds. The number of hydrogen-bond donors (Lipinski definition) is 0. The Morgan fingerprint density at radius 3 is 1.46 bits per heavy atom. The van der Waals surface area contributed by atoms with E-state index in [0.717, 1.165) is 39.2 Å². The maximum atomic E-state index is 9.47. The fourth-order valence-corrected chi connectivity index (χ4v) is 9.24. The van der Waals surface area contributed by atoms with Gasteiger partial charge < -0.3 is 0 Å². The Labute approximate surface area is 307 Å². The molecule has 0 unspecified atom stereocenters. The van der Waals surface area contributed by atoms with Crippen LogP contribution in [0.1, 0.15) is 27.8 Å². The third-order valence-corrected chi connectivity index (χ3v) is 11.6. The lowest BCUT2D eigenvalue weighted by atomic mass is 9.67. The van der Waals surface area contributed by atoms with Crippen LogP contribution in [0.15, 0.2) is 186 Å². The minimum Gasteiger partial charge on any atom is -0.228 e. The second kappa shape index (κ2) is 12.1. The molecule has 2 aliphatic rings. The SMILES string of the molecule is N#Cc1ccc(-c2ccc3c(c2)C2(c4ccccc4Sc4ccccc42)c2cc(-c4nc(-c5ccccc5)cc(-c5ccccc5)n4)ccc2-3)cc1. The van der Waals surface area contributed by atoms with E-state index in [1.807, 2.05) is 48.2 Å². The summed E-state index contributed by atoms with van der Waals surface area (Å²) in [5.74, 6) is 0.694. The Kier molecular flexibility index (Phi) is 7.02. The fourth-order valence-electron chi connectivity index (χ4n) is 8.04. The highest BCUT2D eigenvalue weighted by molar-refractivity contribution is 7.99. The molecule has 1 aliphatic carbocycles. The van der Waals surface area contributed by atoms with Crippen LogP contribution in [0.3, 0.4) is 0 Å². The highest BCUT2D eigenvalue weighted by atomic mass is 32.2. The van der Waals surface area contributed by atoms with Crippen LogP contribution in [-0.4, -0.2) is 9.97 Å². The van der Waals surface area contributed by atoms with Crippen molar-refractivity contribution in [1.82, 2.24) is 9.97 Å². The zero-order valence-electron chi connectivity index (χ0n) is 28.0. The number of hydrogen-bond acceptors (Lipinski definition) is 4. The smallest absolute Gasteiger partial charge is 0.160 e. The molecule has 10 rings (SSSR count). The first-order valence-electron chi connectivity index (χ1n) is 17.4. The lowest BCUT2D eigenvalue weighted by Gasteiger charge is -2.39. The summed E-state index contributed by atoms with van der Waals surface area (Å²) in [6.45, 7) is 0. The fraction of sp³-hybridized carbons (Fsp3) is 0.0208. The van der Waals surface area contributed by atoms with Crippen LogP contribution >= 0.6 is 11.8 Å². The van der Waals surface area contributed by atoms with Gasteiger partial charge in [0.2, 0.25) is 0 Å².